The number of piperidine rings is 1. The van der Waals surface area contributed by atoms with Gasteiger partial charge in [-0.2, -0.15) is 5.26 Å². The van der Waals surface area contributed by atoms with Crippen molar-refractivity contribution in [2.45, 2.75) is 52.4 Å². The third kappa shape index (κ3) is 5.78. The van der Waals surface area contributed by atoms with Gasteiger partial charge >= 0.3 is 0 Å². The number of fused-ring (bicyclic) bond motifs is 1. The molecule has 2 aromatic heterocycles. The van der Waals surface area contributed by atoms with Gasteiger partial charge in [0.15, 0.2) is 5.58 Å². The Labute approximate surface area is 229 Å². The first-order valence-electron chi connectivity index (χ1n) is 13.6. The lowest BCUT2D eigenvalue weighted by Crippen LogP contribution is -2.39. The van der Waals surface area contributed by atoms with Crippen LogP contribution >= 0.6 is 0 Å². The summed E-state index contributed by atoms with van der Waals surface area (Å²) in [5.74, 6) is 3.19. The van der Waals surface area contributed by atoms with Crippen molar-refractivity contribution in [1.82, 2.24) is 20.3 Å². The standard InChI is InChI=1S/C31H34N6O2/c1-19(2)25-15-22(17-32)16-26-28(25)39-31(35-26)24-7-5-23(6-8-24)30(38)34-18-21-10-13-37(14-11-21)27-9-12-33-29(36-27)20(3)4/h5-9,12,15-16,19-21H,10-11,13-14,18H2,1-4H3,(H,34,38). The smallest absolute Gasteiger partial charge is 0.251 e. The van der Waals surface area contributed by atoms with Gasteiger partial charge in [0.1, 0.15) is 17.2 Å². The maximum atomic E-state index is 12.8. The molecule has 0 bridgehead atoms. The molecule has 0 unspecified atom stereocenters. The average Bonchev–Trinajstić information content (AvgIpc) is 3.40. The first-order chi connectivity index (χ1) is 18.8. The molecule has 1 saturated heterocycles. The fraction of sp³-hybridized carbons (Fsp3) is 0.387. The monoisotopic (exact) mass is 522 g/mol. The van der Waals surface area contributed by atoms with Crippen molar-refractivity contribution in [2.24, 2.45) is 5.92 Å². The van der Waals surface area contributed by atoms with Crippen LogP contribution in [-0.2, 0) is 0 Å². The number of hydrogen-bond donors (Lipinski definition) is 1. The van der Waals surface area contributed by atoms with Gasteiger partial charge in [-0.1, -0.05) is 27.7 Å². The Balaban J connectivity index is 1.18. The second kappa shape index (κ2) is 11.2. The third-order valence-corrected chi connectivity index (χ3v) is 7.33. The van der Waals surface area contributed by atoms with Crippen molar-refractivity contribution in [2.75, 3.05) is 24.5 Å². The molecular formula is C31H34N6O2. The van der Waals surface area contributed by atoms with Crippen molar-refractivity contribution in [3.05, 3.63) is 71.2 Å². The fourth-order valence-corrected chi connectivity index (χ4v) is 4.96. The molecule has 1 N–H and O–H groups in total. The maximum Gasteiger partial charge on any atom is 0.251 e. The number of carbonyl (C=O) groups is 1. The molecule has 4 aromatic rings. The van der Waals surface area contributed by atoms with E-state index in [1.165, 1.54) is 0 Å². The third-order valence-electron chi connectivity index (χ3n) is 7.33. The largest absolute Gasteiger partial charge is 0.436 e. The van der Waals surface area contributed by atoms with Crippen molar-refractivity contribution in [3.8, 4) is 17.5 Å². The number of hydrogen-bond acceptors (Lipinski definition) is 7. The second-order valence-corrected chi connectivity index (χ2v) is 10.8. The first kappa shape index (κ1) is 26.4. The van der Waals surface area contributed by atoms with Crippen molar-refractivity contribution in [3.63, 3.8) is 0 Å². The van der Waals surface area contributed by atoms with Gasteiger partial charge in [0, 0.05) is 48.4 Å². The molecule has 5 rings (SSSR count). The van der Waals surface area contributed by atoms with Crippen LogP contribution in [0.5, 0.6) is 0 Å². The molecule has 1 amide bonds. The number of benzene rings is 2. The first-order valence-corrected chi connectivity index (χ1v) is 13.6. The lowest BCUT2D eigenvalue weighted by Gasteiger charge is -2.33. The van der Waals surface area contributed by atoms with Gasteiger partial charge in [0.25, 0.3) is 5.91 Å². The highest BCUT2D eigenvalue weighted by Gasteiger charge is 2.22. The lowest BCUT2D eigenvalue weighted by atomic mass is 9.96. The quantitative estimate of drug-likeness (QED) is 0.315. The van der Waals surface area contributed by atoms with Crippen molar-refractivity contribution in [1.29, 1.82) is 5.26 Å². The van der Waals surface area contributed by atoms with Crippen LogP contribution in [-0.4, -0.2) is 40.5 Å². The predicted octanol–water partition coefficient (Wildman–Crippen LogP) is 6.05. The number of oxazole rings is 1. The van der Waals surface area contributed by atoms with Crippen LogP contribution in [0.15, 0.2) is 53.1 Å². The van der Waals surface area contributed by atoms with E-state index in [2.05, 4.69) is 53.9 Å². The Morgan fingerprint density at radius 3 is 2.49 bits per heavy atom. The van der Waals surface area contributed by atoms with E-state index in [0.717, 1.165) is 48.7 Å². The van der Waals surface area contributed by atoms with E-state index < -0.39 is 0 Å². The number of amides is 1. The summed E-state index contributed by atoms with van der Waals surface area (Å²) >= 11 is 0. The Bertz CT molecular complexity index is 1510. The molecule has 2 aromatic carbocycles. The van der Waals surface area contributed by atoms with E-state index in [1.54, 1.807) is 18.2 Å². The number of carbonyl (C=O) groups excluding carboxylic acids is 1. The van der Waals surface area contributed by atoms with Crippen molar-refractivity contribution < 1.29 is 9.21 Å². The normalized spacial score (nSPS) is 14.2. The molecule has 1 aliphatic rings. The molecule has 8 heteroatoms. The van der Waals surface area contributed by atoms with Crippen LogP contribution in [0.1, 0.15) is 79.7 Å². The molecule has 0 radical (unpaired) electrons. The summed E-state index contributed by atoms with van der Waals surface area (Å²) in [6.45, 7) is 10.8. The molecule has 0 saturated carbocycles. The minimum absolute atomic E-state index is 0.0836. The number of nitriles is 1. The minimum atomic E-state index is -0.0836. The van der Waals surface area contributed by atoms with Crippen LogP contribution in [0.3, 0.4) is 0 Å². The van der Waals surface area contributed by atoms with Gasteiger partial charge in [0.2, 0.25) is 5.89 Å². The molecule has 1 aliphatic heterocycles. The summed E-state index contributed by atoms with van der Waals surface area (Å²) in [7, 11) is 0. The highest BCUT2D eigenvalue weighted by molar-refractivity contribution is 5.94. The van der Waals surface area contributed by atoms with Gasteiger partial charge in [-0.3, -0.25) is 4.79 Å². The summed E-state index contributed by atoms with van der Waals surface area (Å²) in [6.07, 6.45) is 3.85. The SMILES string of the molecule is CC(C)c1nccc(N2CCC(CNC(=O)c3ccc(-c4nc5cc(C#N)cc(C(C)C)c5o4)cc3)CC2)n1. The highest BCUT2D eigenvalue weighted by atomic mass is 16.3. The Morgan fingerprint density at radius 2 is 1.82 bits per heavy atom. The zero-order valence-corrected chi connectivity index (χ0v) is 22.9. The summed E-state index contributed by atoms with van der Waals surface area (Å²) in [6, 6.07) is 15.1. The molecule has 3 heterocycles. The molecule has 0 aliphatic carbocycles. The van der Waals surface area contributed by atoms with Gasteiger partial charge in [-0.15, -0.1) is 0 Å². The molecule has 0 atom stereocenters. The number of nitrogens with one attached hydrogen (secondary N) is 1. The predicted molar refractivity (Wildman–Crippen MR) is 152 cm³/mol. The van der Waals surface area contributed by atoms with E-state index in [-0.39, 0.29) is 11.8 Å². The van der Waals surface area contributed by atoms with E-state index in [9.17, 15) is 10.1 Å². The molecule has 8 nitrogen and oxygen atoms in total. The summed E-state index contributed by atoms with van der Waals surface area (Å²) in [5, 5.41) is 12.5. The van der Waals surface area contributed by atoms with Crippen molar-refractivity contribution >= 4 is 22.8 Å². The zero-order chi connectivity index (χ0) is 27.5. The van der Waals surface area contributed by atoms with E-state index in [0.29, 0.717) is 46.5 Å². The number of aromatic nitrogens is 3. The van der Waals surface area contributed by atoms with Crippen LogP contribution < -0.4 is 10.2 Å². The Kier molecular flexibility index (Phi) is 7.60. The van der Waals surface area contributed by atoms with Gasteiger partial charge in [-0.25, -0.2) is 15.0 Å². The van der Waals surface area contributed by atoms with E-state index >= 15 is 0 Å². The van der Waals surface area contributed by atoms with Gasteiger partial charge < -0.3 is 14.6 Å². The van der Waals surface area contributed by atoms with Crippen LogP contribution in [0.4, 0.5) is 5.82 Å². The van der Waals surface area contributed by atoms with E-state index in [4.69, 9.17) is 9.40 Å². The number of rotatable bonds is 7. The summed E-state index contributed by atoms with van der Waals surface area (Å²) < 4.78 is 6.10. The molecule has 200 valence electrons. The number of nitrogens with zero attached hydrogens (tertiary/aromatic N) is 5. The summed E-state index contributed by atoms with van der Waals surface area (Å²) in [5.41, 5.74) is 4.28. The molecule has 1 fully saturated rings. The maximum absolute atomic E-state index is 12.8. The molecule has 39 heavy (non-hydrogen) atoms. The fourth-order valence-electron chi connectivity index (χ4n) is 4.96. The van der Waals surface area contributed by atoms with Gasteiger partial charge in [-0.05, 0) is 67.1 Å². The summed E-state index contributed by atoms with van der Waals surface area (Å²) in [4.78, 5) is 28.9. The highest BCUT2D eigenvalue weighted by Crippen LogP contribution is 2.31. The topological polar surface area (TPSA) is 108 Å². The van der Waals surface area contributed by atoms with Crippen LogP contribution in [0.25, 0.3) is 22.6 Å². The number of anilines is 1. The Hall–Kier alpha value is -4.25. The molecular weight excluding hydrogens is 488 g/mol. The molecule has 0 spiro atoms. The van der Waals surface area contributed by atoms with Gasteiger partial charge in [0.05, 0.1) is 11.6 Å². The van der Waals surface area contributed by atoms with Crippen LogP contribution in [0, 0.1) is 17.2 Å². The average molecular weight is 523 g/mol. The van der Waals surface area contributed by atoms with E-state index in [1.807, 2.05) is 30.5 Å². The second-order valence-electron chi connectivity index (χ2n) is 10.8. The zero-order valence-electron chi connectivity index (χ0n) is 22.9. The van der Waals surface area contributed by atoms with Crippen LogP contribution in [0.2, 0.25) is 0 Å². The minimum Gasteiger partial charge on any atom is -0.436 e. The Morgan fingerprint density at radius 1 is 1.08 bits per heavy atom. The lowest BCUT2D eigenvalue weighted by molar-refractivity contribution is 0.0945.